The molecule has 1 aromatic heterocycles. The average Bonchev–Trinajstić information content (AvgIpc) is 2.33. The molecule has 1 aromatic rings. The van der Waals surface area contributed by atoms with Crippen molar-refractivity contribution in [3.8, 4) is 0 Å². The molecular weight excluding hydrogens is 278 g/mol. The van der Waals surface area contributed by atoms with Crippen molar-refractivity contribution in [1.29, 1.82) is 0 Å². The lowest BCUT2D eigenvalue weighted by Gasteiger charge is -2.65. The summed E-state index contributed by atoms with van der Waals surface area (Å²) in [6, 6.07) is 3.17. The summed E-state index contributed by atoms with van der Waals surface area (Å²) in [5.41, 5.74) is 0.839. The molecule has 4 bridgehead atoms. The lowest BCUT2D eigenvalue weighted by atomic mass is 9.43. The molecule has 5 nitrogen and oxygen atoms in total. The van der Waals surface area contributed by atoms with Crippen LogP contribution >= 0.6 is 0 Å². The van der Waals surface area contributed by atoms with Gasteiger partial charge in [0.2, 0.25) is 5.82 Å². The van der Waals surface area contributed by atoms with Crippen LogP contribution in [0, 0.1) is 26.9 Å². The van der Waals surface area contributed by atoms with Crippen LogP contribution in [0.3, 0.4) is 0 Å². The molecule has 22 heavy (non-hydrogen) atoms. The van der Waals surface area contributed by atoms with E-state index in [1.54, 1.807) is 18.3 Å². The average molecular weight is 301 g/mol. The molecule has 0 amide bonds. The van der Waals surface area contributed by atoms with Crippen molar-refractivity contribution >= 4 is 11.5 Å². The van der Waals surface area contributed by atoms with Crippen LogP contribution < -0.4 is 5.32 Å². The molecule has 118 valence electrons. The standard InChI is InChI=1S/C17H23N3O2/c1-15-6-12-7-16(2,9-15)11-17(8-12,10-15)19-14-13(20(21)22)4-3-5-18-14/h3-5,12H,6-11H2,1-2H3,(H,18,19). The van der Waals surface area contributed by atoms with E-state index < -0.39 is 0 Å². The summed E-state index contributed by atoms with van der Waals surface area (Å²) < 4.78 is 0. The monoisotopic (exact) mass is 301 g/mol. The Labute approximate surface area is 130 Å². The Morgan fingerprint density at radius 1 is 1.23 bits per heavy atom. The molecule has 0 aliphatic heterocycles. The Kier molecular flexibility index (Phi) is 2.67. The van der Waals surface area contributed by atoms with Crippen molar-refractivity contribution < 1.29 is 4.92 Å². The van der Waals surface area contributed by atoms with Crippen LogP contribution in [0.2, 0.25) is 0 Å². The van der Waals surface area contributed by atoms with Gasteiger partial charge >= 0.3 is 5.69 Å². The Morgan fingerprint density at radius 3 is 2.50 bits per heavy atom. The van der Waals surface area contributed by atoms with Crippen molar-refractivity contribution in [2.24, 2.45) is 16.7 Å². The minimum absolute atomic E-state index is 0.0119. The van der Waals surface area contributed by atoms with Gasteiger partial charge in [-0.3, -0.25) is 10.1 Å². The number of aromatic nitrogens is 1. The number of hydrogen-bond donors (Lipinski definition) is 1. The third-order valence-electron chi connectivity index (χ3n) is 5.99. The number of nitro groups is 1. The van der Waals surface area contributed by atoms with Crippen molar-refractivity contribution in [2.45, 2.75) is 57.9 Å². The van der Waals surface area contributed by atoms with Crippen molar-refractivity contribution in [2.75, 3.05) is 5.32 Å². The molecule has 0 saturated heterocycles. The maximum absolute atomic E-state index is 11.3. The van der Waals surface area contributed by atoms with Crippen LogP contribution in [0.5, 0.6) is 0 Å². The zero-order valence-corrected chi connectivity index (χ0v) is 13.3. The van der Waals surface area contributed by atoms with E-state index in [0.717, 1.165) is 25.2 Å². The molecule has 0 radical (unpaired) electrons. The van der Waals surface area contributed by atoms with E-state index in [1.165, 1.54) is 19.3 Å². The van der Waals surface area contributed by atoms with E-state index in [1.807, 2.05) is 0 Å². The van der Waals surface area contributed by atoms with Gasteiger partial charge in [0.15, 0.2) is 0 Å². The van der Waals surface area contributed by atoms with Crippen LogP contribution in [0.25, 0.3) is 0 Å². The molecule has 4 aliphatic rings. The minimum Gasteiger partial charge on any atom is -0.359 e. The summed E-state index contributed by atoms with van der Waals surface area (Å²) in [5.74, 6) is 1.20. The minimum atomic E-state index is -0.334. The number of anilines is 1. The van der Waals surface area contributed by atoms with Gasteiger partial charge in [0.05, 0.1) is 4.92 Å². The van der Waals surface area contributed by atoms with Crippen LogP contribution in [0.1, 0.15) is 52.4 Å². The fraction of sp³-hybridized carbons (Fsp3) is 0.706. The molecule has 1 N–H and O–H groups in total. The zero-order chi connectivity index (χ0) is 15.6. The zero-order valence-electron chi connectivity index (χ0n) is 13.3. The Hall–Kier alpha value is -1.65. The highest BCUT2D eigenvalue weighted by molar-refractivity contribution is 5.57. The number of nitrogens with one attached hydrogen (secondary N) is 1. The summed E-state index contributed by atoms with van der Waals surface area (Å²) in [4.78, 5) is 15.2. The van der Waals surface area contributed by atoms with Gasteiger partial charge in [0.25, 0.3) is 0 Å². The van der Waals surface area contributed by atoms with Crippen LogP contribution in [-0.4, -0.2) is 15.4 Å². The molecule has 4 fully saturated rings. The van der Waals surface area contributed by atoms with Gasteiger partial charge in [-0.15, -0.1) is 0 Å². The Bertz CT molecular complexity index is 627. The highest BCUT2D eigenvalue weighted by Crippen LogP contribution is 2.66. The lowest BCUT2D eigenvalue weighted by Crippen LogP contribution is -2.61. The van der Waals surface area contributed by atoms with Gasteiger partial charge in [-0.2, -0.15) is 0 Å². The number of nitrogens with zero attached hydrogens (tertiary/aromatic N) is 2. The van der Waals surface area contributed by atoms with E-state index >= 15 is 0 Å². The Balaban J connectivity index is 1.70. The van der Waals surface area contributed by atoms with Gasteiger partial charge in [-0.05, 0) is 61.3 Å². The maximum Gasteiger partial charge on any atom is 0.311 e. The normalized spacial score (nSPS) is 42.4. The third kappa shape index (κ3) is 2.09. The molecule has 0 spiro atoms. The van der Waals surface area contributed by atoms with Gasteiger partial charge in [-0.25, -0.2) is 4.98 Å². The van der Waals surface area contributed by atoms with Crippen molar-refractivity contribution in [1.82, 2.24) is 4.98 Å². The third-order valence-corrected chi connectivity index (χ3v) is 5.99. The first kappa shape index (κ1) is 14.0. The van der Waals surface area contributed by atoms with Crippen LogP contribution in [-0.2, 0) is 0 Å². The predicted octanol–water partition coefficient (Wildman–Crippen LogP) is 4.15. The highest BCUT2D eigenvalue weighted by Gasteiger charge is 2.60. The number of pyridine rings is 1. The molecule has 5 heteroatoms. The van der Waals surface area contributed by atoms with Gasteiger partial charge in [-0.1, -0.05) is 13.8 Å². The molecule has 4 saturated carbocycles. The van der Waals surface area contributed by atoms with E-state index in [0.29, 0.717) is 16.6 Å². The topological polar surface area (TPSA) is 68.1 Å². The molecule has 2 atom stereocenters. The summed E-state index contributed by atoms with van der Waals surface area (Å²) >= 11 is 0. The molecule has 0 aromatic carbocycles. The lowest BCUT2D eigenvalue weighted by molar-refractivity contribution is -0.384. The quantitative estimate of drug-likeness (QED) is 0.672. The maximum atomic E-state index is 11.3. The predicted molar refractivity (Wildman–Crippen MR) is 84.7 cm³/mol. The fourth-order valence-electron chi connectivity index (χ4n) is 6.48. The van der Waals surface area contributed by atoms with E-state index in [4.69, 9.17) is 0 Å². The molecule has 1 heterocycles. The van der Waals surface area contributed by atoms with Gasteiger partial charge in [0.1, 0.15) is 0 Å². The van der Waals surface area contributed by atoms with Crippen LogP contribution in [0.4, 0.5) is 11.5 Å². The summed E-state index contributed by atoms with van der Waals surface area (Å²) in [7, 11) is 0. The largest absolute Gasteiger partial charge is 0.359 e. The Morgan fingerprint density at radius 2 is 1.91 bits per heavy atom. The van der Waals surface area contributed by atoms with Crippen molar-refractivity contribution in [3.05, 3.63) is 28.4 Å². The first-order chi connectivity index (χ1) is 10.3. The first-order valence-electron chi connectivity index (χ1n) is 8.18. The summed E-state index contributed by atoms with van der Waals surface area (Å²) in [6.07, 6.45) is 8.92. The first-order valence-corrected chi connectivity index (χ1v) is 8.18. The van der Waals surface area contributed by atoms with Gasteiger partial charge < -0.3 is 5.32 Å². The molecule has 4 aliphatic carbocycles. The van der Waals surface area contributed by atoms with E-state index in [-0.39, 0.29) is 16.1 Å². The summed E-state index contributed by atoms with van der Waals surface area (Å²) in [5, 5.41) is 14.8. The summed E-state index contributed by atoms with van der Waals surface area (Å²) in [6.45, 7) is 4.80. The van der Waals surface area contributed by atoms with Crippen LogP contribution in [0.15, 0.2) is 18.3 Å². The van der Waals surface area contributed by atoms with Gasteiger partial charge in [0, 0.05) is 17.8 Å². The van der Waals surface area contributed by atoms with E-state index in [9.17, 15) is 10.1 Å². The number of hydrogen-bond acceptors (Lipinski definition) is 4. The smallest absolute Gasteiger partial charge is 0.311 e. The second-order valence-corrected chi connectivity index (χ2v) is 8.66. The molecule has 5 rings (SSSR count). The van der Waals surface area contributed by atoms with Crippen molar-refractivity contribution in [3.63, 3.8) is 0 Å². The molecular formula is C17H23N3O2. The molecule has 2 unspecified atom stereocenters. The van der Waals surface area contributed by atoms with E-state index in [2.05, 4.69) is 24.1 Å². The second kappa shape index (κ2) is 4.21. The SMILES string of the molecule is CC12CC3CC(C)(C1)CC(Nc1ncccc1[N+](=O)[O-])(C3)C2. The fourth-order valence-corrected chi connectivity index (χ4v) is 6.48. The second-order valence-electron chi connectivity index (χ2n) is 8.66. The number of rotatable bonds is 3. The highest BCUT2D eigenvalue weighted by atomic mass is 16.6.